The quantitative estimate of drug-likeness (QED) is 0.709. The van der Waals surface area contributed by atoms with Crippen LogP contribution in [-0.2, 0) is 21.6 Å². The Balaban J connectivity index is 1.45. The lowest BCUT2D eigenvalue weighted by atomic mass is 9.73. The largest absolute Gasteiger partial charge is 0.489 e. The van der Waals surface area contributed by atoms with Gasteiger partial charge in [-0.1, -0.05) is 50.3 Å². The van der Waals surface area contributed by atoms with E-state index in [-0.39, 0.29) is 0 Å². The molecule has 31 heavy (non-hydrogen) atoms. The maximum atomic E-state index is 12.1. The highest BCUT2D eigenvalue weighted by molar-refractivity contribution is 7.92. The molecule has 0 saturated carbocycles. The Labute approximate surface area is 184 Å². The molecule has 0 bridgehead atoms. The van der Waals surface area contributed by atoms with E-state index in [1.807, 2.05) is 4.72 Å². The van der Waals surface area contributed by atoms with Crippen LogP contribution in [0, 0.1) is 11.8 Å². The van der Waals surface area contributed by atoms with Crippen LogP contribution < -0.4 is 13.8 Å². The molecule has 1 aliphatic carbocycles. The van der Waals surface area contributed by atoms with Crippen LogP contribution in [0.2, 0.25) is 0 Å². The zero-order chi connectivity index (χ0) is 22.2. The summed E-state index contributed by atoms with van der Waals surface area (Å²) in [6.45, 7) is 6.56. The van der Waals surface area contributed by atoms with E-state index in [2.05, 4.69) is 50.3 Å². The van der Waals surface area contributed by atoms with Crippen molar-refractivity contribution in [3.8, 4) is 5.75 Å². The SMILES string of the molecule is CC1CC=C[C@H](C)[C@@H]1c1cccc(COc2ccc(N3C(C)C(=O)NS3(=O)=O)cc2)c1. The molecule has 1 N–H and O–H groups in total. The topological polar surface area (TPSA) is 75.7 Å². The number of allylic oxidation sites excluding steroid dienone is 2. The summed E-state index contributed by atoms with van der Waals surface area (Å²) in [7, 11) is -3.84. The second-order valence-corrected chi connectivity index (χ2v) is 10.0. The van der Waals surface area contributed by atoms with Crippen molar-refractivity contribution < 1.29 is 17.9 Å². The summed E-state index contributed by atoms with van der Waals surface area (Å²) >= 11 is 0. The van der Waals surface area contributed by atoms with E-state index in [0.717, 1.165) is 16.3 Å². The average molecular weight is 441 g/mol. The summed E-state index contributed by atoms with van der Waals surface area (Å²) in [5, 5.41) is 0. The lowest BCUT2D eigenvalue weighted by molar-refractivity contribution is -0.119. The average Bonchev–Trinajstić information content (AvgIpc) is 2.94. The minimum Gasteiger partial charge on any atom is -0.489 e. The molecule has 1 heterocycles. The zero-order valence-electron chi connectivity index (χ0n) is 18.0. The Morgan fingerprint density at radius 3 is 2.48 bits per heavy atom. The number of benzene rings is 2. The standard InChI is InChI=1S/C24H28N2O4S/c1-16-6-4-7-17(2)23(16)20-9-5-8-19(14-20)15-30-22-12-10-21(11-13-22)26-18(3)24(27)25-31(26,28)29/h4-6,8-14,16-18,23H,7,15H2,1-3H3,(H,25,27)/t16-,17?,18?,23-/m0/s1. The van der Waals surface area contributed by atoms with Crippen molar-refractivity contribution in [1.82, 2.24) is 4.72 Å². The predicted molar refractivity (Wildman–Crippen MR) is 121 cm³/mol. The van der Waals surface area contributed by atoms with Crippen LogP contribution in [0.25, 0.3) is 0 Å². The Bertz CT molecular complexity index is 1090. The fourth-order valence-electron chi connectivity index (χ4n) is 4.61. The molecule has 2 aliphatic rings. The molecule has 4 rings (SSSR count). The molecule has 1 amide bonds. The van der Waals surface area contributed by atoms with Crippen molar-refractivity contribution in [3.63, 3.8) is 0 Å². The van der Waals surface area contributed by atoms with E-state index in [1.54, 1.807) is 31.2 Å². The minimum atomic E-state index is -3.84. The van der Waals surface area contributed by atoms with Gasteiger partial charge in [-0.05, 0) is 66.5 Å². The highest BCUT2D eigenvalue weighted by atomic mass is 32.2. The smallest absolute Gasteiger partial charge is 0.326 e. The molecule has 0 aromatic heterocycles. The monoisotopic (exact) mass is 440 g/mol. The molecular weight excluding hydrogens is 412 g/mol. The molecule has 1 saturated heterocycles. The lowest BCUT2D eigenvalue weighted by Crippen LogP contribution is -2.33. The van der Waals surface area contributed by atoms with Gasteiger partial charge >= 0.3 is 10.2 Å². The van der Waals surface area contributed by atoms with E-state index in [1.165, 1.54) is 5.56 Å². The molecule has 1 aliphatic heterocycles. The predicted octanol–water partition coefficient (Wildman–Crippen LogP) is 4.15. The van der Waals surface area contributed by atoms with Crippen molar-refractivity contribution in [2.75, 3.05) is 4.31 Å². The lowest BCUT2D eigenvalue weighted by Gasteiger charge is -2.31. The van der Waals surface area contributed by atoms with Gasteiger partial charge in [-0.2, -0.15) is 8.42 Å². The van der Waals surface area contributed by atoms with Gasteiger partial charge < -0.3 is 4.74 Å². The van der Waals surface area contributed by atoms with Crippen molar-refractivity contribution in [3.05, 3.63) is 71.8 Å². The third kappa shape index (κ3) is 4.32. The first-order chi connectivity index (χ1) is 14.8. The van der Waals surface area contributed by atoms with Crippen LogP contribution in [-0.4, -0.2) is 20.4 Å². The molecule has 2 aromatic rings. The first-order valence-electron chi connectivity index (χ1n) is 10.6. The summed E-state index contributed by atoms with van der Waals surface area (Å²) in [6, 6.07) is 14.5. The molecule has 7 heteroatoms. The van der Waals surface area contributed by atoms with Crippen molar-refractivity contribution in [2.24, 2.45) is 11.8 Å². The summed E-state index contributed by atoms with van der Waals surface area (Å²) in [5.74, 6) is 1.73. The summed E-state index contributed by atoms with van der Waals surface area (Å²) in [5.41, 5.74) is 2.86. The van der Waals surface area contributed by atoms with Crippen LogP contribution in [0.1, 0.15) is 44.2 Å². The number of anilines is 1. The maximum absolute atomic E-state index is 12.1. The van der Waals surface area contributed by atoms with Gasteiger partial charge in [-0.3, -0.25) is 4.79 Å². The number of amides is 1. The third-order valence-electron chi connectivity index (χ3n) is 6.18. The Morgan fingerprint density at radius 2 is 1.84 bits per heavy atom. The number of hydrogen-bond acceptors (Lipinski definition) is 4. The number of hydrogen-bond donors (Lipinski definition) is 1. The van der Waals surface area contributed by atoms with Crippen LogP contribution in [0.3, 0.4) is 0 Å². The fourth-order valence-corrected chi connectivity index (χ4v) is 6.04. The Morgan fingerprint density at radius 1 is 1.10 bits per heavy atom. The first kappa shape index (κ1) is 21.4. The summed E-state index contributed by atoms with van der Waals surface area (Å²) < 4.78 is 33.3. The van der Waals surface area contributed by atoms with Crippen molar-refractivity contribution in [1.29, 1.82) is 0 Å². The Kier molecular flexibility index (Phi) is 5.79. The van der Waals surface area contributed by atoms with Gasteiger partial charge in [-0.25, -0.2) is 9.03 Å². The number of nitrogens with zero attached hydrogens (tertiary/aromatic N) is 1. The number of carbonyl (C=O) groups is 1. The van der Waals surface area contributed by atoms with E-state index in [4.69, 9.17) is 4.74 Å². The van der Waals surface area contributed by atoms with Gasteiger partial charge in [0.1, 0.15) is 18.4 Å². The molecule has 2 aromatic carbocycles. The Hall–Kier alpha value is -2.80. The van der Waals surface area contributed by atoms with Gasteiger partial charge in [0.05, 0.1) is 5.69 Å². The first-order valence-corrected chi connectivity index (χ1v) is 12.0. The van der Waals surface area contributed by atoms with Crippen molar-refractivity contribution >= 4 is 21.8 Å². The normalized spacial score (nSPS) is 27.2. The van der Waals surface area contributed by atoms with Gasteiger partial charge in [0, 0.05) is 0 Å². The zero-order valence-corrected chi connectivity index (χ0v) is 18.8. The van der Waals surface area contributed by atoms with Gasteiger partial charge in [0.25, 0.3) is 5.91 Å². The molecular formula is C24H28N2O4S. The summed E-state index contributed by atoms with van der Waals surface area (Å²) in [4.78, 5) is 11.7. The molecule has 1 fully saturated rings. The molecule has 0 radical (unpaired) electrons. The van der Waals surface area contributed by atoms with Gasteiger partial charge in [-0.15, -0.1) is 0 Å². The van der Waals surface area contributed by atoms with E-state index in [0.29, 0.717) is 35.8 Å². The molecule has 0 spiro atoms. The minimum absolute atomic E-state index is 0.425. The second-order valence-electron chi connectivity index (χ2n) is 8.50. The number of nitrogens with one attached hydrogen (secondary N) is 1. The van der Waals surface area contributed by atoms with Crippen molar-refractivity contribution in [2.45, 2.75) is 45.8 Å². The van der Waals surface area contributed by atoms with Crippen LogP contribution in [0.5, 0.6) is 5.75 Å². The number of rotatable bonds is 5. The number of ether oxygens (including phenoxy) is 1. The van der Waals surface area contributed by atoms with E-state index in [9.17, 15) is 13.2 Å². The molecule has 164 valence electrons. The second kappa shape index (κ2) is 8.38. The highest BCUT2D eigenvalue weighted by Gasteiger charge is 2.41. The third-order valence-corrected chi connectivity index (χ3v) is 7.68. The highest BCUT2D eigenvalue weighted by Crippen LogP contribution is 2.38. The van der Waals surface area contributed by atoms with E-state index < -0.39 is 22.2 Å². The number of carbonyl (C=O) groups excluding carboxylic acids is 1. The molecule has 6 nitrogen and oxygen atoms in total. The summed E-state index contributed by atoms with van der Waals surface area (Å²) in [6.07, 6.45) is 5.69. The van der Waals surface area contributed by atoms with Crippen LogP contribution >= 0.6 is 0 Å². The van der Waals surface area contributed by atoms with Gasteiger partial charge in [0.15, 0.2) is 0 Å². The van der Waals surface area contributed by atoms with E-state index >= 15 is 0 Å². The van der Waals surface area contributed by atoms with Crippen LogP contribution in [0.15, 0.2) is 60.7 Å². The molecule has 4 atom stereocenters. The fraction of sp³-hybridized carbons (Fsp3) is 0.375. The molecule has 2 unspecified atom stereocenters. The van der Waals surface area contributed by atoms with Crippen LogP contribution in [0.4, 0.5) is 5.69 Å². The maximum Gasteiger partial charge on any atom is 0.326 e. The van der Waals surface area contributed by atoms with Gasteiger partial charge in [0.2, 0.25) is 0 Å².